The van der Waals surface area contributed by atoms with Crippen molar-refractivity contribution < 1.29 is 9.47 Å². The molecular weight excluding hydrogens is 144 g/mol. The molecule has 0 aliphatic rings. The van der Waals surface area contributed by atoms with Crippen molar-refractivity contribution in [1.82, 2.24) is 0 Å². The molecule has 0 rings (SSSR count). The Bertz CT molecular complexity index is 111. The van der Waals surface area contributed by atoms with Crippen LogP contribution in [0.15, 0.2) is 4.99 Å². The van der Waals surface area contributed by atoms with Crippen LogP contribution in [0.3, 0.4) is 0 Å². The number of hydrogen-bond donors (Lipinski definition) is 1. The Morgan fingerprint density at radius 1 is 1.36 bits per heavy atom. The van der Waals surface area contributed by atoms with Crippen molar-refractivity contribution in [3.8, 4) is 0 Å². The number of amidine groups is 1. The molecule has 66 valence electrons. The van der Waals surface area contributed by atoms with Crippen LogP contribution in [0, 0.1) is 0 Å². The number of nitrogens with two attached hydrogens (primary N) is 1. The van der Waals surface area contributed by atoms with Gasteiger partial charge in [0.25, 0.3) is 0 Å². The second-order valence-corrected chi connectivity index (χ2v) is 2.13. The Kier molecular flexibility index (Phi) is 7.08. The molecule has 0 aromatic heterocycles. The van der Waals surface area contributed by atoms with Gasteiger partial charge in [0, 0.05) is 7.11 Å². The third-order valence-corrected chi connectivity index (χ3v) is 1.03. The molecule has 0 aliphatic heterocycles. The Morgan fingerprint density at radius 2 is 2.09 bits per heavy atom. The van der Waals surface area contributed by atoms with E-state index in [0.29, 0.717) is 32.2 Å². The zero-order chi connectivity index (χ0) is 8.53. The molecule has 0 atom stereocenters. The van der Waals surface area contributed by atoms with E-state index in [4.69, 9.17) is 15.2 Å². The molecule has 4 heteroatoms. The molecular formula is C7H16N2O2. The molecule has 4 nitrogen and oxygen atoms in total. The molecule has 0 saturated heterocycles. The molecule has 0 spiro atoms. The molecule has 0 amide bonds. The second kappa shape index (κ2) is 7.50. The van der Waals surface area contributed by atoms with E-state index in [-0.39, 0.29) is 0 Å². The van der Waals surface area contributed by atoms with Gasteiger partial charge in [0.05, 0.1) is 32.2 Å². The van der Waals surface area contributed by atoms with Gasteiger partial charge in [0.1, 0.15) is 0 Å². The van der Waals surface area contributed by atoms with Crippen LogP contribution in [0.1, 0.15) is 6.92 Å². The third kappa shape index (κ3) is 9.39. The second-order valence-electron chi connectivity index (χ2n) is 2.13. The molecule has 0 bridgehead atoms. The van der Waals surface area contributed by atoms with E-state index < -0.39 is 0 Å². The fourth-order valence-electron chi connectivity index (χ4n) is 0.531. The van der Waals surface area contributed by atoms with Crippen LogP contribution in [-0.2, 0) is 9.47 Å². The lowest BCUT2D eigenvalue weighted by atomic mass is 10.6. The van der Waals surface area contributed by atoms with Gasteiger partial charge < -0.3 is 15.2 Å². The first kappa shape index (κ1) is 10.4. The number of ether oxygens (including phenoxy) is 2. The lowest BCUT2D eigenvalue weighted by Crippen LogP contribution is -2.09. The van der Waals surface area contributed by atoms with Crippen molar-refractivity contribution in [1.29, 1.82) is 0 Å². The summed E-state index contributed by atoms with van der Waals surface area (Å²) in [4.78, 5) is 3.95. The summed E-state index contributed by atoms with van der Waals surface area (Å²) in [6.45, 7) is 4.25. The molecule has 0 aliphatic carbocycles. The van der Waals surface area contributed by atoms with Gasteiger partial charge in [-0.15, -0.1) is 0 Å². The van der Waals surface area contributed by atoms with Gasteiger partial charge in [-0.2, -0.15) is 0 Å². The predicted octanol–water partition coefficient (Wildman–Crippen LogP) is 0.0265. The lowest BCUT2D eigenvalue weighted by Gasteiger charge is -2.00. The predicted molar refractivity (Wildman–Crippen MR) is 44.9 cm³/mol. The average Bonchev–Trinajstić information content (AvgIpc) is 1.96. The summed E-state index contributed by atoms with van der Waals surface area (Å²) >= 11 is 0. The zero-order valence-corrected chi connectivity index (χ0v) is 7.17. The van der Waals surface area contributed by atoms with Crippen molar-refractivity contribution in [2.45, 2.75) is 6.92 Å². The standard InChI is InChI=1S/C7H16N2O2/c1-7(8)9-3-4-11-6-5-10-2/h3-6H2,1-2H3,(H2,8,9). The van der Waals surface area contributed by atoms with Crippen LogP contribution in [0.2, 0.25) is 0 Å². The van der Waals surface area contributed by atoms with Crippen molar-refractivity contribution >= 4 is 5.84 Å². The number of nitrogens with zero attached hydrogens (tertiary/aromatic N) is 1. The summed E-state index contributed by atoms with van der Waals surface area (Å²) in [5, 5.41) is 0. The largest absolute Gasteiger partial charge is 0.388 e. The van der Waals surface area contributed by atoms with Gasteiger partial charge in [-0.05, 0) is 6.92 Å². The molecule has 0 radical (unpaired) electrons. The number of methoxy groups -OCH3 is 1. The molecule has 2 N–H and O–H groups in total. The molecule has 0 saturated carbocycles. The van der Waals surface area contributed by atoms with Gasteiger partial charge in [0.15, 0.2) is 0 Å². The normalized spacial score (nSPS) is 12.0. The fourth-order valence-corrected chi connectivity index (χ4v) is 0.531. The highest BCUT2D eigenvalue weighted by Gasteiger charge is 1.85. The molecule has 0 aromatic carbocycles. The maximum atomic E-state index is 5.30. The van der Waals surface area contributed by atoms with Gasteiger partial charge in [-0.1, -0.05) is 0 Å². The molecule has 0 fully saturated rings. The van der Waals surface area contributed by atoms with E-state index in [1.807, 2.05) is 0 Å². The number of aliphatic imine (C=N–C) groups is 1. The van der Waals surface area contributed by atoms with Crippen LogP contribution in [0.5, 0.6) is 0 Å². The Labute approximate surface area is 67.4 Å². The van der Waals surface area contributed by atoms with Gasteiger partial charge in [-0.25, -0.2) is 0 Å². The van der Waals surface area contributed by atoms with E-state index in [0.717, 1.165) is 0 Å². The molecule has 0 aromatic rings. The van der Waals surface area contributed by atoms with Crippen LogP contribution in [0.25, 0.3) is 0 Å². The van der Waals surface area contributed by atoms with Crippen molar-refractivity contribution in [2.75, 3.05) is 33.5 Å². The summed E-state index contributed by atoms with van der Waals surface area (Å²) in [6.07, 6.45) is 0. The first-order valence-corrected chi connectivity index (χ1v) is 3.60. The maximum absolute atomic E-state index is 5.30. The van der Waals surface area contributed by atoms with E-state index in [1.165, 1.54) is 0 Å². The topological polar surface area (TPSA) is 56.8 Å². The van der Waals surface area contributed by atoms with E-state index >= 15 is 0 Å². The molecule has 11 heavy (non-hydrogen) atoms. The van der Waals surface area contributed by atoms with Crippen molar-refractivity contribution in [3.63, 3.8) is 0 Å². The minimum atomic E-state index is 0.598. The maximum Gasteiger partial charge on any atom is 0.0906 e. The summed E-state index contributed by atoms with van der Waals surface area (Å²) in [5.74, 6) is 0.598. The zero-order valence-electron chi connectivity index (χ0n) is 7.17. The van der Waals surface area contributed by atoms with Gasteiger partial charge >= 0.3 is 0 Å². The van der Waals surface area contributed by atoms with Gasteiger partial charge in [-0.3, -0.25) is 4.99 Å². The minimum Gasteiger partial charge on any atom is -0.388 e. The van der Waals surface area contributed by atoms with Crippen LogP contribution in [-0.4, -0.2) is 39.3 Å². The minimum absolute atomic E-state index is 0.598. The Balaban J connectivity index is 2.97. The fraction of sp³-hybridized carbons (Fsp3) is 0.857. The highest BCUT2D eigenvalue weighted by atomic mass is 16.5. The van der Waals surface area contributed by atoms with Crippen LogP contribution < -0.4 is 5.73 Å². The van der Waals surface area contributed by atoms with Crippen molar-refractivity contribution in [2.24, 2.45) is 10.7 Å². The highest BCUT2D eigenvalue weighted by molar-refractivity contribution is 5.77. The quantitative estimate of drug-likeness (QED) is 0.339. The smallest absolute Gasteiger partial charge is 0.0906 e. The summed E-state index contributed by atoms with van der Waals surface area (Å²) in [7, 11) is 1.64. The van der Waals surface area contributed by atoms with Crippen molar-refractivity contribution in [3.05, 3.63) is 0 Å². The van der Waals surface area contributed by atoms with E-state index in [2.05, 4.69) is 4.99 Å². The highest BCUT2D eigenvalue weighted by Crippen LogP contribution is 1.77. The number of hydrogen-bond acceptors (Lipinski definition) is 3. The lowest BCUT2D eigenvalue weighted by molar-refractivity contribution is 0.0748. The summed E-state index contributed by atoms with van der Waals surface area (Å²) in [5.41, 5.74) is 5.30. The van der Waals surface area contributed by atoms with E-state index in [9.17, 15) is 0 Å². The Hall–Kier alpha value is -0.610. The summed E-state index contributed by atoms with van der Waals surface area (Å²) in [6, 6.07) is 0. The number of rotatable bonds is 6. The van der Waals surface area contributed by atoms with E-state index in [1.54, 1.807) is 14.0 Å². The molecule has 0 unspecified atom stereocenters. The first-order chi connectivity index (χ1) is 5.27. The average molecular weight is 160 g/mol. The van der Waals surface area contributed by atoms with Gasteiger partial charge in [0.2, 0.25) is 0 Å². The Morgan fingerprint density at radius 3 is 2.64 bits per heavy atom. The molecule has 0 heterocycles. The van der Waals surface area contributed by atoms with Crippen LogP contribution in [0.4, 0.5) is 0 Å². The monoisotopic (exact) mass is 160 g/mol. The summed E-state index contributed by atoms with van der Waals surface area (Å²) < 4.78 is 9.92. The first-order valence-electron chi connectivity index (χ1n) is 3.60. The SMILES string of the molecule is COCCOCCN=C(C)N. The third-order valence-electron chi connectivity index (χ3n) is 1.03. The van der Waals surface area contributed by atoms with Crippen LogP contribution >= 0.6 is 0 Å².